The summed E-state index contributed by atoms with van der Waals surface area (Å²) in [6.45, 7) is 1.61. The van der Waals surface area contributed by atoms with Gasteiger partial charge in [-0.25, -0.2) is 0 Å². The molecule has 2 aromatic carbocycles. The van der Waals surface area contributed by atoms with Crippen LogP contribution in [0.2, 0.25) is 0 Å². The Morgan fingerprint density at radius 1 is 1.12 bits per heavy atom. The Hall–Kier alpha value is -3.22. The lowest BCUT2D eigenvalue weighted by atomic mass is 10.1. The van der Waals surface area contributed by atoms with Gasteiger partial charge in [0.2, 0.25) is 5.91 Å². The molecule has 1 heterocycles. The number of hydrogen-bond donors (Lipinski definition) is 1. The highest BCUT2D eigenvalue weighted by Gasteiger charge is 2.32. The molecule has 0 radical (unpaired) electrons. The fourth-order valence-electron chi connectivity index (χ4n) is 2.81. The summed E-state index contributed by atoms with van der Waals surface area (Å²) in [5.41, 5.74) is 1.21. The van der Waals surface area contributed by atoms with Crippen molar-refractivity contribution in [1.82, 2.24) is 0 Å². The molecular weight excluding hydrogens is 336 g/mol. The molecule has 0 saturated heterocycles. The van der Waals surface area contributed by atoms with Crippen molar-refractivity contribution >= 4 is 23.2 Å². The van der Waals surface area contributed by atoms with Crippen molar-refractivity contribution in [3.05, 3.63) is 42.5 Å². The molecule has 0 spiro atoms. The van der Waals surface area contributed by atoms with Crippen LogP contribution < -0.4 is 24.4 Å². The minimum Gasteiger partial charge on any atom is -0.493 e. The summed E-state index contributed by atoms with van der Waals surface area (Å²) in [7, 11) is 3.06. The second-order valence-electron chi connectivity index (χ2n) is 5.76. The topological polar surface area (TPSA) is 77.1 Å². The minimum atomic E-state index is -0.818. The molecule has 0 aliphatic carbocycles. The first-order valence-corrected chi connectivity index (χ1v) is 8.10. The van der Waals surface area contributed by atoms with E-state index in [1.54, 1.807) is 43.5 Å². The summed E-state index contributed by atoms with van der Waals surface area (Å²) in [6, 6.07) is 12.2. The molecule has 0 fully saturated rings. The number of ether oxygens (including phenoxy) is 3. The molecule has 1 aliphatic heterocycles. The third-order valence-corrected chi connectivity index (χ3v) is 4.10. The number of nitrogens with one attached hydrogen (secondary N) is 1. The number of para-hydroxylation sites is 2. The van der Waals surface area contributed by atoms with E-state index in [4.69, 9.17) is 14.2 Å². The van der Waals surface area contributed by atoms with Gasteiger partial charge in [0.25, 0.3) is 5.91 Å². The number of carbonyl (C=O) groups is 2. The van der Waals surface area contributed by atoms with E-state index in [-0.39, 0.29) is 18.4 Å². The lowest BCUT2D eigenvalue weighted by Gasteiger charge is -2.33. The molecule has 2 amide bonds. The minimum absolute atomic E-state index is 0.144. The van der Waals surface area contributed by atoms with Gasteiger partial charge in [0.15, 0.2) is 17.6 Å². The fourth-order valence-corrected chi connectivity index (χ4v) is 2.81. The maximum atomic E-state index is 12.7. The molecule has 26 heavy (non-hydrogen) atoms. The number of amides is 2. The number of fused-ring (bicyclic) bond motifs is 1. The van der Waals surface area contributed by atoms with Gasteiger partial charge in [-0.15, -0.1) is 0 Å². The van der Waals surface area contributed by atoms with Gasteiger partial charge < -0.3 is 24.4 Å². The van der Waals surface area contributed by atoms with Crippen molar-refractivity contribution in [3.8, 4) is 17.2 Å². The molecule has 7 heteroatoms. The van der Waals surface area contributed by atoms with Crippen LogP contribution in [0.3, 0.4) is 0 Å². The van der Waals surface area contributed by atoms with Crippen molar-refractivity contribution < 1.29 is 23.8 Å². The third-order valence-electron chi connectivity index (χ3n) is 4.10. The van der Waals surface area contributed by atoms with Gasteiger partial charge in [-0.2, -0.15) is 0 Å². The van der Waals surface area contributed by atoms with Crippen LogP contribution in [-0.2, 0) is 9.59 Å². The fraction of sp³-hybridized carbons (Fsp3) is 0.263. The first-order chi connectivity index (χ1) is 12.5. The van der Waals surface area contributed by atoms with Crippen LogP contribution in [0, 0.1) is 0 Å². The molecule has 3 rings (SSSR count). The van der Waals surface area contributed by atoms with E-state index < -0.39 is 6.10 Å². The number of methoxy groups -OCH3 is 2. The second-order valence-corrected chi connectivity index (χ2v) is 5.76. The summed E-state index contributed by atoms with van der Waals surface area (Å²) in [4.78, 5) is 26.1. The molecule has 1 N–H and O–H groups in total. The number of benzene rings is 2. The molecule has 7 nitrogen and oxygen atoms in total. The average molecular weight is 356 g/mol. The molecule has 1 aliphatic rings. The zero-order chi connectivity index (χ0) is 18.7. The lowest BCUT2D eigenvalue weighted by molar-refractivity contribution is -0.123. The van der Waals surface area contributed by atoms with E-state index in [0.717, 1.165) is 0 Å². The second kappa shape index (κ2) is 7.35. The Morgan fingerprint density at radius 3 is 2.54 bits per heavy atom. The van der Waals surface area contributed by atoms with Crippen LogP contribution in [0.15, 0.2) is 42.5 Å². The number of nitrogens with zero attached hydrogens (tertiary/aromatic N) is 1. The predicted octanol–water partition coefficient (Wildman–Crippen LogP) is 2.46. The maximum Gasteiger partial charge on any atom is 0.267 e. The Labute approximate surface area is 151 Å². The molecule has 136 valence electrons. The van der Waals surface area contributed by atoms with Gasteiger partial charge in [0, 0.05) is 18.7 Å². The van der Waals surface area contributed by atoms with E-state index >= 15 is 0 Å². The van der Waals surface area contributed by atoms with Gasteiger partial charge in [-0.3, -0.25) is 9.59 Å². The lowest BCUT2D eigenvalue weighted by Crippen LogP contribution is -2.48. The summed E-state index contributed by atoms with van der Waals surface area (Å²) in [5, 5.41) is 2.79. The van der Waals surface area contributed by atoms with Gasteiger partial charge >= 0.3 is 0 Å². The first kappa shape index (κ1) is 17.6. The summed E-state index contributed by atoms with van der Waals surface area (Å²) in [6.07, 6.45) is -0.818. The first-order valence-electron chi connectivity index (χ1n) is 8.10. The Kier molecular flexibility index (Phi) is 4.97. The molecule has 1 atom stereocenters. The predicted molar refractivity (Wildman–Crippen MR) is 97.1 cm³/mol. The van der Waals surface area contributed by atoms with Gasteiger partial charge in [-0.1, -0.05) is 12.1 Å². The number of rotatable bonds is 4. The van der Waals surface area contributed by atoms with Gasteiger partial charge in [0.05, 0.1) is 26.5 Å². The summed E-state index contributed by atoms with van der Waals surface area (Å²) in [5.74, 6) is 1.07. The van der Waals surface area contributed by atoms with Crippen LogP contribution in [0.25, 0.3) is 0 Å². The number of carbonyl (C=O) groups excluding carboxylic acids is 2. The SMILES string of the molecule is COc1ccc(NC(=O)C2CN(C(C)=O)c3ccccc3O2)cc1OC. The smallest absolute Gasteiger partial charge is 0.267 e. The molecular formula is C19H20N2O5. The zero-order valence-electron chi connectivity index (χ0n) is 14.8. The largest absolute Gasteiger partial charge is 0.493 e. The highest BCUT2D eigenvalue weighted by molar-refractivity contribution is 5.99. The van der Waals surface area contributed by atoms with Crippen LogP contribution >= 0.6 is 0 Å². The van der Waals surface area contributed by atoms with Crippen molar-refractivity contribution in [1.29, 1.82) is 0 Å². The monoisotopic (exact) mass is 356 g/mol. The van der Waals surface area contributed by atoms with Crippen LogP contribution in [0.4, 0.5) is 11.4 Å². The van der Waals surface area contributed by atoms with Crippen molar-refractivity contribution in [3.63, 3.8) is 0 Å². The summed E-state index contributed by atoms with van der Waals surface area (Å²) < 4.78 is 16.2. The quantitative estimate of drug-likeness (QED) is 0.911. The Morgan fingerprint density at radius 2 is 1.85 bits per heavy atom. The van der Waals surface area contributed by atoms with Crippen molar-refractivity contribution in [2.45, 2.75) is 13.0 Å². The van der Waals surface area contributed by atoms with E-state index in [0.29, 0.717) is 28.6 Å². The molecule has 0 saturated carbocycles. The molecule has 1 unspecified atom stereocenters. The molecule has 0 aromatic heterocycles. The van der Waals surface area contributed by atoms with Crippen molar-refractivity contribution in [2.24, 2.45) is 0 Å². The van der Waals surface area contributed by atoms with E-state index in [2.05, 4.69) is 5.32 Å². The molecule has 2 aromatic rings. The van der Waals surface area contributed by atoms with E-state index in [1.165, 1.54) is 18.9 Å². The number of hydrogen-bond acceptors (Lipinski definition) is 5. The van der Waals surface area contributed by atoms with Crippen LogP contribution in [0.5, 0.6) is 17.2 Å². The van der Waals surface area contributed by atoms with E-state index in [9.17, 15) is 9.59 Å². The average Bonchev–Trinajstić information content (AvgIpc) is 2.66. The zero-order valence-corrected chi connectivity index (χ0v) is 14.8. The Bertz CT molecular complexity index is 836. The van der Waals surface area contributed by atoms with Crippen LogP contribution in [-0.4, -0.2) is 38.7 Å². The highest BCUT2D eigenvalue weighted by Crippen LogP contribution is 2.34. The third kappa shape index (κ3) is 3.42. The van der Waals surface area contributed by atoms with Gasteiger partial charge in [-0.05, 0) is 24.3 Å². The summed E-state index contributed by atoms with van der Waals surface area (Å²) >= 11 is 0. The molecule has 0 bridgehead atoms. The standard InChI is InChI=1S/C19H20N2O5/c1-12(22)21-11-18(26-15-7-5-4-6-14(15)21)19(23)20-13-8-9-16(24-2)17(10-13)25-3/h4-10,18H,11H2,1-3H3,(H,20,23). The van der Waals surface area contributed by atoms with Crippen molar-refractivity contribution in [2.75, 3.05) is 31.0 Å². The highest BCUT2D eigenvalue weighted by atomic mass is 16.5. The van der Waals surface area contributed by atoms with Gasteiger partial charge in [0.1, 0.15) is 5.75 Å². The maximum absolute atomic E-state index is 12.7. The van der Waals surface area contributed by atoms with E-state index in [1.807, 2.05) is 6.07 Å². The van der Waals surface area contributed by atoms with Crippen LogP contribution in [0.1, 0.15) is 6.92 Å². The Balaban J connectivity index is 1.79. The normalized spacial score (nSPS) is 15.5. The number of anilines is 2.